The minimum absolute atomic E-state index is 0.827. The van der Waals surface area contributed by atoms with E-state index < -0.39 is 0 Å². The smallest absolute Gasteiger partial charge is 0.0183 e. The van der Waals surface area contributed by atoms with Gasteiger partial charge in [0.1, 0.15) is 0 Å². The first-order chi connectivity index (χ1) is 5.88. The Morgan fingerprint density at radius 1 is 0.750 bits per heavy atom. The van der Waals surface area contributed by atoms with E-state index in [1.54, 1.807) is 0 Å². The van der Waals surface area contributed by atoms with Crippen molar-refractivity contribution in [1.82, 2.24) is 4.90 Å². The topological polar surface area (TPSA) is 3.24 Å². The lowest BCUT2D eigenvalue weighted by atomic mass is 10.1. The van der Waals surface area contributed by atoms with Gasteiger partial charge in [-0.1, -0.05) is 25.7 Å². The first kappa shape index (κ1) is 8.55. The van der Waals surface area contributed by atoms with Gasteiger partial charge in [-0.3, -0.25) is 7.05 Å². The van der Waals surface area contributed by atoms with Gasteiger partial charge in [0, 0.05) is 0 Å². The molecule has 0 N–H and O–H groups in total. The highest BCUT2D eigenvalue weighted by atomic mass is 15.2. The molecule has 2 saturated carbocycles. The molecule has 2 rings (SSSR count). The molecule has 70 valence electrons. The summed E-state index contributed by atoms with van der Waals surface area (Å²) < 4.78 is 0. The SMILES string of the molecule is [CH2-]N(C1CCCC1)C1CCCC1. The van der Waals surface area contributed by atoms with E-state index in [0.717, 1.165) is 12.1 Å². The average molecular weight is 166 g/mol. The van der Waals surface area contributed by atoms with Crippen LogP contribution in [0.5, 0.6) is 0 Å². The predicted octanol–water partition coefficient (Wildman–Crippen LogP) is 2.97. The molecule has 1 heteroatoms. The molecule has 0 radical (unpaired) electrons. The molecule has 0 aromatic carbocycles. The van der Waals surface area contributed by atoms with Crippen molar-refractivity contribution in [3.63, 3.8) is 0 Å². The summed E-state index contributed by atoms with van der Waals surface area (Å²) in [4.78, 5) is 2.43. The van der Waals surface area contributed by atoms with E-state index in [0.29, 0.717) is 0 Å². The Balaban J connectivity index is 1.84. The summed E-state index contributed by atoms with van der Waals surface area (Å²) in [5.41, 5.74) is 0. The van der Waals surface area contributed by atoms with Crippen molar-refractivity contribution in [1.29, 1.82) is 0 Å². The van der Waals surface area contributed by atoms with Gasteiger partial charge in [-0.05, 0) is 37.8 Å². The maximum Gasteiger partial charge on any atom is -0.0183 e. The Labute approximate surface area is 76.1 Å². The highest BCUT2D eigenvalue weighted by Gasteiger charge is 2.23. The lowest BCUT2D eigenvalue weighted by molar-refractivity contribution is 0.203. The van der Waals surface area contributed by atoms with Crippen LogP contribution in [0.25, 0.3) is 0 Å². The van der Waals surface area contributed by atoms with E-state index >= 15 is 0 Å². The molecule has 0 aliphatic heterocycles. The summed E-state index contributed by atoms with van der Waals surface area (Å²) in [5, 5.41) is 0. The molecule has 12 heavy (non-hydrogen) atoms. The number of rotatable bonds is 2. The molecule has 0 amide bonds. The minimum Gasteiger partial charge on any atom is -0.454 e. The van der Waals surface area contributed by atoms with Gasteiger partial charge in [-0.25, -0.2) is 0 Å². The Hall–Kier alpha value is -0.0400. The predicted molar refractivity (Wildman–Crippen MR) is 51.7 cm³/mol. The quantitative estimate of drug-likeness (QED) is 0.570. The van der Waals surface area contributed by atoms with Crippen molar-refractivity contribution < 1.29 is 0 Å². The maximum atomic E-state index is 4.24. The summed E-state index contributed by atoms with van der Waals surface area (Å²) in [7, 11) is 4.24. The van der Waals surface area contributed by atoms with Crippen LogP contribution in [-0.2, 0) is 0 Å². The van der Waals surface area contributed by atoms with Gasteiger partial charge >= 0.3 is 0 Å². The summed E-state index contributed by atoms with van der Waals surface area (Å²) in [6.07, 6.45) is 11.3. The molecule has 2 fully saturated rings. The molecule has 2 aliphatic rings. The second-order valence-electron chi connectivity index (χ2n) is 4.39. The van der Waals surface area contributed by atoms with Crippen molar-refractivity contribution in [3.8, 4) is 0 Å². The van der Waals surface area contributed by atoms with E-state index in [-0.39, 0.29) is 0 Å². The first-order valence-electron chi connectivity index (χ1n) is 5.47. The number of hydrogen-bond donors (Lipinski definition) is 0. The fourth-order valence-corrected chi connectivity index (χ4v) is 2.77. The van der Waals surface area contributed by atoms with Gasteiger partial charge in [0.05, 0.1) is 0 Å². The third-order valence-corrected chi connectivity index (χ3v) is 3.59. The van der Waals surface area contributed by atoms with Crippen LogP contribution in [0.3, 0.4) is 0 Å². The Bertz CT molecular complexity index is 116. The van der Waals surface area contributed by atoms with Crippen LogP contribution in [0.2, 0.25) is 0 Å². The van der Waals surface area contributed by atoms with Crippen LogP contribution in [0.15, 0.2) is 0 Å². The molecule has 0 aromatic heterocycles. The maximum absolute atomic E-state index is 4.24. The molecular formula is C11H20N-. The Morgan fingerprint density at radius 2 is 1.08 bits per heavy atom. The van der Waals surface area contributed by atoms with Crippen LogP contribution < -0.4 is 0 Å². The zero-order valence-corrected chi connectivity index (χ0v) is 7.97. The lowest BCUT2D eigenvalue weighted by Crippen LogP contribution is -2.35. The van der Waals surface area contributed by atoms with Gasteiger partial charge in [-0.2, -0.15) is 0 Å². The first-order valence-corrected chi connectivity index (χ1v) is 5.47. The average Bonchev–Trinajstić information content (AvgIpc) is 2.77. The van der Waals surface area contributed by atoms with Crippen LogP contribution in [0.1, 0.15) is 51.4 Å². The molecule has 0 bridgehead atoms. The lowest BCUT2D eigenvalue weighted by Gasteiger charge is -2.38. The van der Waals surface area contributed by atoms with Gasteiger partial charge in [0.25, 0.3) is 0 Å². The van der Waals surface area contributed by atoms with Crippen molar-refractivity contribution >= 4 is 0 Å². The molecule has 0 heterocycles. The van der Waals surface area contributed by atoms with Gasteiger partial charge in [0.2, 0.25) is 0 Å². The zero-order chi connectivity index (χ0) is 8.39. The third kappa shape index (κ3) is 1.66. The van der Waals surface area contributed by atoms with Crippen LogP contribution in [0.4, 0.5) is 0 Å². The van der Waals surface area contributed by atoms with Gasteiger partial charge in [-0.15, -0.1) is 0 Å². The standard InChI is InChI=1S/C11H20N/c1-12(10-6-2-3-7-10)11-8-4-5-9-11/h10-11H,1-9H2/q-1. The molecule has 0 aromatic rings. The number of nitrogens with zero attached hydrogens (tertiary/aromatic N) is 1. The molecule has 0 spiro atoms. The molecule has 1 nitrogen and oxygen atoms in total. The van der Waals surface area contributed by atoms with Crippen molar-refractivity contribution in [2.75, 3.05) is 0 Å². The van der Waals surface area contributed by atoms with Gasteiger partial charge in [0.15, 0.2) is 0 Å². The molecule has 2 aliphatic carbocycles. The largest absolute Gasteiger partial charge is 0.454 e. The van der Waals surface area contributed by atoms with E-state index in [2.05, 4.69) is 11.9 Å². The molecule has 0 atom stereocenters. The summed E-state index contributed by atoms with van der Waals surface area (Å²) >= 11 is 0. The van der Waals surface area contributed by atoms with E-state index in [4.69, 9.17) is 0 Å². The van der Waals surface area contributed by atoms with E-state index in [9.17, 15) is 0 Å². The highest BCUT2D eigenvalue weighted by molar-refractivity contribution is 4.84. The van der Waals surface area contributed by atoms with Crippen LogP contribution in [-0.4, -0.2) is 17.0 Å². The van der Waals surface area contributed by atoms with Crippen LogP contribution in [0, 0.1) is 7.05 Å². The van der Waals surface area contributed by atoms with E-state index in [1.165, 1.54) is 51.4 Å². The highest BCUT2D eigenvalue weighted by Crippen LogP contribution is 2.30. The third-order valence-electron chi connectivity index (χ3n) is 3.59. The second-order valence-corrected chi connectivity index (χ2v) is 4.39. The minimum atomic E-state index is 0.827. The van der Waals surface area contributed by atoms with Crippen molar-refractivity contribution in [2.45, 2.75) is 63.5 Å². The fourth-order valence-electron chi connectivity index (χ4n) is 2.77. The fraction of sp³-hybridized carbons (Fsp3) is 0.909. The molecule has 0 unspecified atom stereocenters. The second kappa shape index (κ2) is 3.78. The normalized spacial score (nSPS) is 27.5. The summed E-state index contributed by atoms with van der Waals surface area (Å²) in [6.45, 7) is 0. The molecule has 0 saturated heterocycles. The van der Waals surface area contributed by atoms with Crippen molar-refractivity contribution in [3.05, 3.63) is 7.05 Å². The van der Waals surface area contributed by atoms with Crippen molar-refractivity contribution in [2.24, 2.45) is 0 Å². The zero-order valence-electron chi connectivity index (χ0n) is 7.97. The number of hydrogen-bond acceptors (Lipinski definition) is 1. The summed E-state index contributed by atoms with van der Waals surface area (Å²) in [6, 6.07) is 1.65. The Kier molecular flexibility index (Phi) is 2.69. The van der Waals surface area contributed by atoms with Gasteiger partial charge < -0.3 is 4.90 Å². The van der Waals surface area contributed by atoms with E-state index in [1.807, 2.05) is 0 Å². The molecular weight excluding hydrogens is 146 g/mol. The summed E-state index contributed by atoms with van der Waals surface area (Å²) in [5.74, 6) is 0. The Morgan fingerprint density at radius 3 is 1.42 bits per heavy atom. The monoisotopic (exact) mass is 166 g/mol. The van der Waals surface area contributed by atoms with Crippen LogP contribution >= 0.6 is 0 Å².